The minimum Gasteiger partial charge on any atom is -0.497 e. The number of guanidine groups is 1. The van der Waals surface area contributed by atoms with Crippen LogP contribution < -0.4 is 25.0 Å². The molecule has 0 aromatic heterocycles. The fraction of sp³-hybridized carbons (Fsp3) is 0.720. The second-order valence-electron chi connectivity index (χ2n) is 8.80. The molecule has 2 fully saturated rings. The van der Waals surface area contributed by atoms with Gasteiger partial charge in [0.05, 0.1) is 20.3 Å². The zero-order valence-electron chi connectivity index (χ0n) is 20.4. The highest BCUT2D eigenvalue weighted by Gasteiger charge is 2.25. The first kappa shape index (κ1) is 24.5. The van der Waals surface area contributed by atoms with E-state index in [1.165, 1.54) is 25.7 Å². The summed E-state index contributed by atoms with van der Waals surface area (Å²) in [6.07, 6.45) is 8.86. The maximum atomic E-state index is 6.05. The molecule has 3 rings (SSSR count). The maximum absolute atomic E-state index is 6.05. The van der Waals surface area contributed by atoms with Gasteiger partial charge < -0.3 is 29.7 Å². The monoisotopic (exact) mass is 446 g/mol. The number of aliphatic imine (C=N–C) groups is 1. The van der Waals surface area contributed by atoms with Crippen molar-refractivity contribution in [1.29, 1.82) is 0 Å². The summed E-state index contributed by atoms with van der Waals surface area (Å²) in [5, 5.41) is 7.13. The third kappa shape index (κ3) is 6.92. The van der Waals surface area contributed by atoms with E-state index < -0.39 is 0 Å². The summed E-state index contributed by atoms with van der Waals surface area (Å²) in [7, 11) is 5.24. The first-order chi connectivity index (χ1) is 15.7. The van der Waals surface area contributed by atoms with Crippen LogP contribution in [0.5, 0.6) is 11.5 Å². The zero-order valence-corrected chi connectivity index (χ0v) is 20.4. The number of nitrogens with one attached hydrogen (secondary N) is 2. The molecule has 180 valence electrons. The summed E-state index contributed by atoms with van der Waals surface area (Å²) in [5.41, 5.74) is 1.15. The van der Waals surface area contributed by atoms with Crippen LogP contribution in [0, 0.1) is 5.92 Å². The Morgan fingerprint density at radius 1 is 1.06 bits per heavy atom. The summed E-state index contributed by atoms with van der Waals surface area (Å²) >= 11 is 0. The Balaban J connectivity index is 1.44. The normalized spacial score (nSPS) is 19.1. The molecule has 1 atom stereocenters. The van der Waals surface area contributed by atoms with Crippen LogP contribution in [0.25, 0.3) is 0 Å². The van der Waals surface area contributed by atoms with E-state index in [4.69, 9.17) is 14.2 Å². The molecular formula is C25H42N4O3. The predicted octanol–water partition coefficient (Wildman–Crippen LogP) is 3.82. The minimum absolute atomic E-state index is 0.371. The van der Waals surface area contributed by atoms with Crippen LogP contribution in [0.15, 0.2) is 23.2 Å². The van der Waals surface area contributed by atoms with Crippen molar-refractivity contribution < 1.29 is 14.2 Å². The molecule has 0 radical (unpaired) electrons. The highest BCUT2D eigenvalue weighted by Crippen LogP contribution is 2.31. The fourth-order valence-electron chi connectivity index (χ4n) is 4.98. The Kier molecular flexibility index (Phi) is 9.78. The van der Waals surface area contributed by atoms with Crippen LogP contribution in [-0.2, 0) is 4.74 Å². The van der Waals surface area contributed by atoms with Gasteiger partial charge in [0.2, 0.25) is 0 Å². The number of piperidine rings is 1. The van der Waals surface area contributed by atoms with Gasteiger partial charge >= 0.3 is 0 Å². The Morgan fingerprint density at radius 3 is 2.28 bits per heavy atom. The average Bonchev–Trinajstić information content (AvgIpc) is 3.37. The van der Waals surface area contributed by atoms with Crippen LogP contribution in [0.3, 0.4) is 0 Å². The lowest BCUT2D eigenvalue weighted by Crippen LogP contribution is -2.49. The molecule has 2 aliphatic rings. The topological polar surface area (TPSA) is 67.4 Å². The van der Waals surface area contributed by atoms with Crippen molar-refractivity contribution in [1.82, 2.24) is 10.6 Å². The standard InChI is InChI=1S/C25H42N4O3/c1-5-32-24(19-8-6-7-9-19)10-13-27-25(26-2)28-20-11-14-29(15-12-20)21-16-22(30-3)18-23(17-21)31-4/h16-20,24H,5-15H2,1-4H3,(H2,26,27,28). The second-order valence-corrected chi connectivity index (χ2v) is 8.80. The van der Waals surface area contributed by atoms with Gasteiger partial charge in [-0.1, -0.05) is 12.8 Å². The van der Waals surface area contributed by atoms with Crippen molar-refractivity contribution in [2.45, 2.75) is 64.0 Å². The van der Waals surface area contributed by atoms with Gasteiger partial charge in [-0.2, -0.15) is 0 Å². The third-order valence-electron chi connectivity index (χ3n) is 6.79. The first-order valence-corrected chi connectivity index (χ1v) is 12.2. The van der Waals surface area contributed by atoms with Gasteiger partial charge in [-0.05, 0) is 44.9 Å². The number of hydrogen-bond acceptors (Lipinski definition) is 5. The first-order valence-electron chi connectivity index (χ1n) is 12.2. The summed E-state index contributed by atoms with van der Waals surface area (Å²) in [6.45, 7) is 5.76. The van der Waals surface area contributed by atoms with Gasteiger partial charge in [0, 0.05) is 63.2 Å². The summed E-state index contributed by atoms with van der Waals surface area (Å²) in [4.78, 5) is 6.85. The van der Waals surface area contributed by atoms with Crippen LogP contribution in [0.2, 0.25) is 0 Å². The molecular weight excluding hydrogens is 404 g/mol. The summed E-state index contributed by atoms with van der Waals surface area (Å²) in [5.74, 6) is 3.28. The molecule has 1 aromatic rings. The zero-order chi connectivity index (χ0) is 22.8. The number of benzene rings is 1. The molecule has 1 saturated carbocycles. The Bertz CT molecular complexity index is 691. The van der Waals surface area contributed by atoms with E-state index in [1.807, 2.05) is 13.1 Å². The fourth-order valence-corrected chi connectivity index (χ4v) is 4.98. The molecule has 0 spiro atoms. The van der Waals surface area contributed by atoms with Gasteiger partial charge in [0.1, 0.15) is 11.5 Å². The maximum Gasteiger partial charge on any atom is 0.191 e. The highest BCUT2D eigenvalue weighted by atomic mass is 16.5. The predicted molar refractivity (Wildman–Crippen MR) is 131 cm³/mol. The Hall–Kier alpha value is -2.15. The van der Waals surface area contributed by atoms with Gasteiger partial charge in [0.15, 0.2) is 5.96 Å². The molecule has 7 nitrogen and oxygen atoms in total. The third-order valence-corrected chi connectivity index (χ3v) is 6.79. The van der Waals surface area contributed by atoms with E-state index in [9.17, 15) is 0 Å². The minimum atomic E-state index is 0.371. The van der Waals surface area contributed by atoms with E-state index in [-0.39, 0.29) is 0 Å². The molecule has 1 aliphatic carbocycles. The molecule has 0 amide bonds. The van der Waals surface area contributed by atoms with Gasteiger partial charge in [0.25, 0.3) is 0 Å². The summed E-state index contributed by atoms with van der Waals surface area (Å²) < 4.78 is 16.9. The Labute approximate surface area is 193 Å². The number of hydrogen-bond donors (Lipinski definition) is 2. The average molecular weight is 447 g/mol. The van der Waals surface area contributed by atoms with Crippen LogP contribution >= 0.6 is 0 Å². The van der Waals surface area contributed by atoms with Crippen molar-refractivity contribution in [2.75, 3.05) is 52.4 Å². The molecule has 0 bridgehead atoms. The summed E-state index contributed by atoms with van der Waals surface area (Å²) in [6, 6.07) is 6.49. The van der Waals surface area contributed by atoms with E-state index >= 15 is 0 Å². The van der Waals surface area contributed by atoms with Gasteiger partial charge in [-0.3, -0.25) is 4.99 Å². The van der Waals surface area contributed by atoms with Gasteiger partial charge in [-0.25, -0.2) is 0 Å². The smallest absolute Gasteiger partial charge is 0.191 e. The van der Waals surface area contributed by atoms with E-state index in [2.05, 4.69) is 39.6 Å². The number of ether oxygens (including phenoxy) is 3. The molecule has 1 aliphatic heterocycles. The number of nitrogens with zero attached hydrogens (tertiary/aromatic N) is 2. The van der Waals surface area contributed by atoms with Crippen molar-refractivity contribution in [2.24, 2.45) is 10.9 Å². The van der Waals surface area contributed by atoms with Crippen LogP contribution in [0.1, 0.15) is 51.9 Å². The molecule has 1 saturated heterocycles. The lowest BCUT2D eigenvalue weighted by Gasteiger charge is -2.35. The van der Waals surface area contributed by atoms with Crippen molar-refractivity contribution in [3.8, 4) is 11.5 Å². The molecule has 1 heterocycles. The molecule has 7 heteroatoms. The largest absolute Gasteiger partial charge is 0.497 e. The molecule has 32 heavy (non-hydrogen) atoms. The lowest BCUT2D eigenvalue weighted by molar-refractivity contribution is 0.0169. The van der Waals surface area contributed by atoms with Crippen molar-refractivity contribution in [3.05, 3.63) is 18.2 Å². The SMILES string of the molecule is CCOC(CCNC(=NC)NC1CCN(c2cc(OC)cc(OC)c2)CC1)C1CCCC1. The molecule has 1 unspecified atom stereocenters. The molecule has 2 N–H and O–H groups in total. The highest BCUT2D eigenvalue weighted by molar-refractivity contribution is 5.80. The number of methoxy groups -OCH3 is 2. The quantitative estimate of drug-likeness (QED) is 0.421. The molecule has 1 aromatic carbocycles. The van der Waals surface area contributed by atoms with E-state index in [1.54, 1.807) is 14.2 Å². The Morgan fingerprint density at radius 2 is 1.72 bits per heavy atom. The number of rotatable bonds is 10. The van der Waals surface area contributed by atoms with Crippen molar-refractivity contribution in [3.63, 3.8) is 0 Å². The van der Waals surface area contributed by atoms with E-state index in [0.29, 0.717) is 12.1 Å². The van der Waals surface area contributed by atoms with Gasteiger partial charge in [-0.15, -0.1) is 0 Å². The van der Waals surface area contributed by atoms with Crippen molar-refractivity contribution >= 4 is 11.6 Å². The second kappa shape index (κ2) is 12.8. The number of anilines is 1. The van der Waals surface area contributed by atoms with Crippen LogP contribution in [-0.4, -0.2) is 65.6 Å². The van der Waals surface area contributed by atoms with E-state index in [0.717, 1.165) is 74.6 Å². The lowest BCUT2D eigenvalue weighted by atomic mass is 9.98. The van der Waals surface area contributed by atoms with Crippen LogP contribution in [0.4, 0.5) is 5.69 Å².